The summed E-state index contributed by atoms with van der Waals surface area (Å²) >= 11 is 0.717. The number of nitro groups is 1. The summed E-state index contributed by atoms with van der Waals surface area (Å²) < 4.78 is 10.9. The maximum atomic E-state index is 12.9. The number of anilines is 2. The molecule has 0 bridgehead atoms. The second-order valence-corrected chi connectivity index (χ2v) is 10.2. The minimum atomic E-state index is -0.599. The van der Waals surface area contributed by atoms with Crippen LogP contribution < -0.4 is 20.1 Å². The van der Waals surface area contributed by atoms with Crippen molar-refractivity contribution in [2.75, 3.05) is 30.9 Å². The summed E-state index contributed by atoms with van der Waals surface area (Å²) in [5.41, 5.74) is 3.11. The summed E-state index contributed by atoms with van der Waals surface area (Å²) in [5, 5.41) is 15.6. The molecule has 1 aliphatic heterocycles. The zero-order chi connectivity index (χ0) is 30.4. The third kappa shape index (κ3) is 7.31. The zero-order valence-electron chi connectivity index (χ0n) is 22.8. The zero-order valence-corrected chi connectivity index (χ0v) is 23.7. The van der Waals surface area contributed by atoms with Crippen LogP contribution in [0.25, 0.3) is 6.08 Å². The highest BCUT2D eigenvalue weighted by molar-refractivity contribution is 8.18. The number of nitrogens with zero attached hydrogens (tertiary/aromatic N) is 2. The number of thioether (sulfide) groups is 1. The third-order valence-electron chi connectivity index (χ3n) is 6.02. The lowest BCUT2D eigenvalue weighted by Gasteiger charge is -2.14. The molecule has 3 aromatic rings. The summed E-state index contributed by atoms with van der Waals surface area (Å²) in [7, 11) is 1.40. The number of imide groups is 1. The highest BCUT2D eigenvalue weighted by atomic mass is 32.2. The van der Waals surface area contributed by atoms with Crippen LogP contribution in [0.1, 0.15) is 16.7 Å². The van der Waals surface area contributed by atoms with Gasteiger partial charge in [-0.2, -0.15) is 0 Å². The molecule has 0 spiro atoms. The number of hydrogen-bond acceptors (Lipinski definition) is 9. The number of benzene rings is 3. The SMILES string of the molecule is COc1cc(/C=C2\SC(=O)N(CC(=O)Nc3ccc(C)cc3C)C2=O)ccc1OCC(=O)Nc1cccc([N+](=O)[O-])c1. The third-order valence-corrected chi connectivity index (χ3v) is 6.92. The molecule has 0 aromatic heterocycles. The van der Waals surface area contributed by atoms with Crippen LogP contribution >= 0.6 is 11.8 Å². The average Bonchev–Trinajstić information content (AvgIpc) is 3.21. The first kappa shape index (κ1) is 29.8. The quantitative estimate of drug-likeness (QED) is 0.190. The number of ether oxygens (including phenoxy) is 2. The summed E-state index contributed by atoms with van der Waals surface area (Å²) in [6.07, 6.45) is 1.49. The Morgan fingerprint density at radius 3 is 2.50 bits per heavy atom. The van der Waals surface area contributed by atoms with Crippen molar-refractivity contribution in [1.82, 2.24) is 4.90 Å². The molecule has 1 fully saturated rings. The molecular weight excluding hydrogens is 564 g/mol. The van der Waals surface area contributed by atoms with Gasteiger partial charge in [-0.25, -0.2) is 0 Å². The van der Waals surface area contributed by atoms with Crippen molar-refractivity contribution in [3.05, 3.63) is 92.4 Å². The molecule has 4 rings (SSSR count). The van der Waals surface area contributed by atoms with Crippen LogP contribution in [0.3, 0.4) is 0 Å². The molecule has 0 unspecified atom stereocenters. The Hall–Kier alpha value is -5.17. The maximum absolute atomic E-state index is 12.9. The molecule has 42 heavy (non-hydrogen) atoms. The number of non-ortho nitro benzene ring substituents is 1. The lowest BCUT2D eigenvalue weighted by molar-refractivity contribution is -0.384. The first-order valence-electron chi connectivity index (χ1n) is 12.5. The lowest BCUT2D eigenvalue weighted by Crippen LogP contribution is -2.36. The van der Waals surface area contributed by atoms with Gasteiger partial charge in [-0.05, 0) is 67.1 Å². The van der Waals surface area contributed by atoms with Crippen LogP contribution in [-0.4, -0.2) is 53.0 Å². The Morgan fingerprint density at radius 2 is 1.79 bits per heavy atom. The van der Waals surface area contributed by atoms with E-state index < -0.39 is 41.0 Å². The molecule has 1 heterocycles. The molecular formula is C29H26N4O8S. The van der Waals surface area contributed by atoms with Gasteiger partial charge in [0.25, 0.3) is 22.7 Å². The number of amides is 4. The van der Waals surface area contributed by atoms with E-state index in [-0.39, 0.29) is 27.8 Å². The number of hydrogen-bond donors (Lipinski definition) is 2. The fraction of sp³-hybridized carbons (Fsp3) is 0.172. The van der Waals surface area contributed by atoms with Gasteiger partial charge in [-0.3, -0.25) is 34.2 Å². The summed E-state index contributed by atoms with van der Waals surface area (Å²) in [5.74, 6) is -1.14. The molecule has 0 saturated carbocycles. The Morgan fingerprint density at radius 1 is 1.00 bits per heavy atom. The predicted octanol–water partition coefficient (Wildman–Crippen LogP) is 4.91. The Labute approximate surface area is 244 Å². The molecule has 3 aromatic carbocycles. The minimum Gasteiger partial charge on any atom is -0.493 e. The first-order chi connectivity index (χ1) is 20.0. The monoisotopic (exact) mass is 590 g/mol. The number of rotatable bonds is 10. The molecule has 0 atom stereocenters. The van der Waals surface area contributed by atoms with Gasteiger partial charge >= 0.3 is 0 Å². The van der Waals surface area contributed by atoms with Crippen molar-refractivity contribution in [3.8, 4) is 11.5 Å². The van der Waals surface area contributed by atoms with Gasteiger partial charge in [-0.15, -0.1) is 0 Å². The second-order valence-electron chi connectivity index (χ2n) is 9.19. The van der Waals surface area contributed by atoms with E-state index in [0.717, 1.165) is 16.0 Å². The van der Waals surface area contributed by atoms with Crippen molar-refractivity contribution < 1.29 is 33.6 Å². The number of aryl methyl sites for hydroxylation is 2. The van der Waals surface area contributed by atoms with E-state index >= 15 is 0 Å². The average molecular weight is 591 g/mol. The van der Waals surface area contributed by atoms with E-state index in [1.807, 2.05) is 26.0 Å². The van der Waals surface area contributed by atoms with E-state index in [1.54, 1.807) is 18.2 Å². The molecule has 12 nitrogen and oxygen atoms in total. The largest absolute Gasteiger partial charge is 0.493 e. The van der Waals surface area contributed by atoms with Gasteiger partial charge in [0.2, 0.25) is 5.91 Å². The van der Waals surface area contributed by atoms with Crippen LogP contribution in [0, 0.1) is 24.0 Å². The van der Waals surface area contributed by atoms with Crippen molar-refractivity contribution in [3.63, 3.8) is 0 Å². The van der Waals surface area contributed by atoms with Gasteiger partial charge in [-0.1, -0.05) is 29.8 Å². The van der Waals surface area contributed by atoms with Gasteiger partial charge in [0.1, 0.15) is 6.54 Å². The number of methoxy groups -OCH3 is 1. The van der Waals surface area contributed by atoms with Crippen molar-refractivity contribution >= 4 is 57.9 Å². The number of nitrogens with one attached hydrogen (secondary N) is 2. The van der Waals surface area contributed by atoms with E-state index in [2.05, 4.69) is 10.6 Å². The second kappa shape index (κ2) is 13.0. The Kier molecular flexibility index (Phi) is 9.22. The van der Waals surface area contributed by atoms with Crippen LogP contribution in [0.15, 0.2) is 65.6 Å². The summed E-state index contributed by atoms with van der Waals surface area (Å²) in [6, 6.07) is 15.7. The normalized spacial score (nSPS) is 13.7. The van der Waals surface area contributed by atoms with Crippen LogP contribution in [0.4, 0.5) is 21.9 Å². The molecule has 13 heteroatoms. The van der Waals surface area contributed by atoms with E-state index in [0.29, 0.717) is 23.0 Å². The minimum absolute atomic E-state index is 0.131. The maximum Gasteiger partial charge on any atom is 0.294 e. The molecule has 1 saturated heterocycles. The number of carbonyl (C=O) groups is 4. The highest BCUT2D eigenvalue weighted by Crippen LogP contribution is 2.34. The molecule has 1 aliphatic rings. The van der Waals surface area contributed by atoms with E-state index in [4.69, 9.17) is 9.47 Å². The molecule has 4 amide bonds. The van der Waals surface area contributed by atoms with Crippen molar-refractivity contribution in [2.24, 2.45) is 0 Å². The Balaban J connectivity index is 1.38. The molecule has 0 aliphatic carbocycles. The van der Waals surface area contributed by atoms with Crippen LogP contribution in [0.2, 0.25) is 0 Å². The predicted molar refractivity (Wildman–Crippen MR) is 157 cm³/mol. The smallest absolute Gasteiger partial charge is 0.294 e. The van der Waals surface area contributed by atoms with Gasteiger partial charge in [0.05, 0.1) is 16.9 Å². The molecule has 0 radical (unpaired) electrons. The first-order valence-corrected chi connectivity index (χ1v) is 13.3. The standard InChI is InChI=1S/C29H26N4O8S/c1-17-7-9-22(18(2)11-17)31-26(34)15-32-28(36)25(42-29(32)37)13-19-8-10-23(24(12-19)40-3)41-16-27(35)30-20-5-4-6-21(14-20)33(38)39/h4-14H,15-16H2,1-3H3,(H,30,35)(H,31,34)/b25-13-. The van der Waals surface area contributed by atoms with E-state index in [9.17, 15) is 29.3 Å². The van der Waals surface area contributed by atoms with Crippen molar-refractivity contribution in [1.29, 1.82) is 0 Å². The fourth-order valence-corrected chi connectivity index (χ4v) is 4.84. The van der Waals surface area contributed by atoms with Gasteiger partial charge in [0.15, 0.2) is 18.1 Å². The van der Waals surface area contributed by atoms with Gasteiger partial charge in [0, 0.05) is 23.5 Å². The fourth-order valence-electron chi connectivity index (χ4n) is 4.01. The summed E-state index contributed by atoms with van der Waals surface area (Å²) in [4.78, 5) is 61.7. The number of nitro benzene ring substituents is 1. The molecule has 2 N–H and O–H groups in total. The lowest BCUT2D eigenvalue weighted by atomic mass is 10.1. The highest BCUT2D eigenvalue weighted by Gasteiger charge is 2.36. The number of carbonyl (C=O) groups excluding carboxylic acids is 4. The topological polar surface area (TPSA) is 157 Å². The summed E-state index contributed by atoms with van der Waals surface area (Å²) in [6.45, 7) is 2.96. The van der Waals surface area contributed by atoms with Gasteiger partial charge < -0.3 is 20.1 Å². The van der Waals surface area contributed by atoms with Crippen LogP contribution in [-0.2, 0) is 14.4 Å². The van der Waals surface area contributed by atoms with Crippen LogP contribution in [0.5, 0.6) is 11.5 Å². The van der Waals surface area contributed by atoms with E-state index in [1.165, 1.54) is 43.5 Å². The molecule has 216 valence electrons. The Bertz CT molecular complexity index is 1620. The van der Waals surface area contributed by atoms with Crippen molar-refractivity contribution in [2.45, 2.75) is 13.8 Å².